The molecule has 0 radical (unpaired) electrons. The van der Waals surface area contributed by atoms with Crippen LogP contribution in [0.5, 0.6) is 0 Å². The monoisotopic (exact) mass is 267 g/mol. The Morgan fingerprint density at radius 2 is 1.26 bits per heavy atom. The van der Waals surface area contributed by atoms with Crippen molar-refractivity contribution in [1.29, 1.82) is 0 Å². The van der Waals surface area contributed by atoms with Crippen molar-refractivity contribution in [2.45, 2.75) is 102 Å². The zero-order valence-electron chi connectivity index (χ0n) is 12.8. The summed E-state index contributed by atoms with van der Waals surface area (Å²) in [6.07, 6.45) is 18.9. The Kier molecular flexibility index (Phi) is 7.23. The summed E-state index contributed by atoms with van der Waals surface area (Å²) in [4.78, 5) is 0. The third-order valence-corrected chi connectivity index (χ3v) is 4.99. The second-order valence-corrected chi connectivity index (χ2v) is 6.53. The number of hydrogen-bond donors (Lipinski definition) is 1. The third-order valence-electron chi connectivity index (χ3n) is 4.99. The van der Waals surface area contributed by atoms with Crippen LogP contribution in [0.15, 0.2) is 0 Å². The van der Waals surface area contributed by atoms with Gasteiger partial charge in [0.05, 0.1) is 12.2 Å². The van der Waals surface area contributed by atoms with Crippen molar-refractivity contribution in [3.05, 3.63) is 0 Å². The predicted molar refractivity (Wildman–Crippen MR) is 81.5 cm³/mol. The minimum absolute atomic E-state index is 0.467. The van der Waals surface area contributed by atoms with Gasteiger partial charge < -0.3 is 10.1 Å². The molecule has 2 aliphatic rings. The fourth-order valence-corrected chi connectivity index (χ4v) is 3.40. The highest BCUT2D eigenvalue weighted by atomic mass is 16.5. The van der Waals surface area contributed by atoms with Crippen molar-refractivity contribution < 1.29 is 4.74 Å². The van der Waals surface area contributed by atoms with Crippen LogP contribution in [0.1, 0.15) is 83.5 Å². The van der Waals surface area contributed by atoms with Gasteiger partial charge >= 0.3 is 0 Å². The smallest absolute Gasteiger partial charge is 0.0731 e. The van der Waals surface area contributed by atoms with Crippen molar-refractivity contribution in [3.63, 3.8) is 0 Å². The Hall–Kier alpha value is -0.0800. The number of hydrogen-bond acceptors (Lipinski definition) is 2. The lowest BCUT2D eigenvalue weighted by atomic mass is 9.93. The molecule has 2 aliphatic carbocycles. The summed E-state index contributed by atoms with van der Waals surface area (Å²) in [5.74, 6) is 0. The van der Waals surface area contributed by atoms with E-state index in [1.807, 2.05) is 0 Å². The van der Waals surface area contributed by atoms with E-state index in [1.165, 1.54) is 83.5 Å². The largest absolute Gasteiger partial charge is 0.373 e. The minimum atomic E-state index is 0.467. The highest BCUT2D eigenvalue weighted by Crippen LogP contribution is 2.27. The lowest BCUT2D eigenvalue weighted by Crippen LogP contribution is -2.42. The zero-order chi connectivity index (χ0) is 13.3. The number of likely N-dealkylation sites (N-methyl/N-ethyl adjacent to an activating group) is 1. The van der Waals surface area contributed by atoms with E-state index in [1.54, 1.807) is 0 Å². The van der Waals surface area contributed by atoms with Crippen LogP contribution in [0.2, 0.25) is 0 Å². The molecule has 2 fully saturated rings. The SMILES string of the molecule is CNC1CCCCCCCCCCC1OC1CCC1. The van der Waals surface area contributed by atoms with E-state index < -0.39 is 0 Å². The van der Waals surface area contributed by atoms with Gasteiger partial charge in [0.1, 0.15) is 0 Å². The zero-order valence-corrected chi connectivity index (χ0v) is 12.8. The first-order valence-electron chi connectivity index (χ1n) is 8.73. The number of rotatable bonds is 3. The molecule has 1 N–H and O–H groups in total. The van der Waals surface area contributed by atoms with Crippen LogP contribution in [0, 0.1) is 0 Å². The summed E-state index contributed by atoms with van der Waals surface area (Å²) in [7, 11) is 2.12. The molecular weight excluding hydrogens is 234 g/mol. The normalized spacial score (nSPS) is 32.1. The first kappa shape index (κ1) is 15.3. The number of ether oxygens (including phenoxy) is 1. The molecule has 2 saturated carbocycles. The van der Waals surface area contributed by atoms with Crippen LogP contribution in [0.3, 0.4) is 0 Å². The Balaban J connectivity index is 1.83. The number of nitrogens with one attached hydrogen (secondary N) is 1. The average Bonchev–Trinajstić information content (AvgIpc) is 2.36. The summed E-state index contributed by atoms with van der Waals surface area (Å²) in [5, 5.41) is 3.53. The Bertz CT molecular complexity index is 227. The van der Waals surface area contributed by atoms with Gasteiger partial charge in [-0.15, -0.1) is 0 Å². The minimum Gasteiger partial charge on any atom is -0.373 e. The molecule has 0 heterocycles. The van der Waals surface area contributed by atoms with Gasteiger partial charge in [0.25, 0.3) is 0 Å². The van der Waals surface area contributed by atoms with Crippen LogP contribution in [0.4, 0.5) is 0 Å². The first-order valence-corrected chi connectivity index (χ1v) is 8.73. The summed E-state index contributed by atoms with van der Waals surface area (Å²) < 4.78 is 6.37. The van der Waals surface area contributed by atoms with Gasteiger partial charge in [-0.1, -0.05) is 51.4 Å². The van der Waals surface area contributed by atoms with Gasteiger partial charge in [0.15, 0.2) is 0 Å². The topological polar surface area (TPSA) is 21.3 Å². The molecule has 2 unspecified atom stereocenters. The highest BCUT2D eigenvalue weighted by molar-refractivity contribution is 4.80. The molecule has 0 bridgehead atoms. The van der Waals surface area contributed by atoms with E-state index in [0.717, 1.165) is 0 Å². The van der Waals surface area contributed by atoms with E-state index in [2.05, 4.69) is 12.4 Å². The van der Waals surface area contributed by atoms with Gasteiger partial charge in [0.2, 0.25) is 0 Å². The molecule has 0 spiro atoms. The van der Waals surface area contributed by atoms with Crippen molar-refractivity contribution in [2.24, 2.45) is 0 Å². The Labute approximate surface area is 119 Å². The molecule has 2 rings (SSSR count). The van der Waals surface area contributed by atoms with Crippen molar-refractivity contribution in [2.75, 3.05) is 7.05 Å². The molecule has 2 heteroatoms. The second kappa shape index (κ2) is 8.97. The molecule has 0 aromatic heterocycles. The molecule has 0 aliphatic heterocycles. The lowest BCUT2D eigenvalue weighted by molar-refractivity contribution is -0.0706. The Morgan fingerprint density at radius 3 is 1.79 bits per heavy atom. The van der Waals surface area contributed by atoms with Crippen molar-refractivity contribution in [3.8, 4) is 0 Å². The van der Waals surface area contributed by atoms with Gasteiger partial charge in [-0.05, 0) is 39.2 Å². The van der Waals surface area contributed by atoms with E-state index >= 15 is 0 Å². The molecule has 0 aromatic carbocycles. The van der Waals surface area contributed by atoms with Crippen LogP contribution in [0.25, 0.3) is 0 Å². The molecule has 2 nitrogen and oxygen atoms in total. The second-order valence-electron chi connectivity index (χ2n) is 6.53. The van der Waals surface area contributed by atoms with Gasteiger partial charge in [-0.3, -0.25) is 0 Å². The standard InChI is InChI=1S/C17H33NO/c1-18-16-13-8-6-4-2-3-5-7-9-14-17(16)19-15-11-10-12-15/h15-18H,2-14H2,1H3. The van der Waals surface area contributed by atoms with E-state index in [0.29, 0.717) is 18.2 Å². The maximum atomic E-state index is 6.37. The molecular formula is C17H33NO. The lowest BCUT2D eigenvalue weighted by Gasteiger charge is -2.35. The summed E-state index contributed by atoms with van der Waals surface area (Å²) >= 11 is 0. The Morgan fingerprint density at radius 1 is 0.684 bits per heavy atom. The van der Waals surface area contributed by atoms with E-state index in [-0.39, 0.29) is 0 Å². The fourth-order valence-electron chi connectivity index (χ4n) is 3.40. The quantitative estimate of drug-likeness (QED) is 0.817. The van der Waals surface area contributed by atoms with Crippen LogP contribution >= 0.6 is 0 Å². The summed E-state index contributed by atoms with van der Waals surface area (Å²) in [6, 6.07) is 0.583. The van der Waals surface area contributed by atoms with E-state index in [9.17, 15) is 0 Å². The molecule has 0 aromatic rings. The maximum absolute atomic E-state index is 6.37. The molecule has 19 heavy (non-hydrogen) atoms. The van der Waals surface area contributed by atoms with Gasteiger partial charge in [-0.25, -0.2) is 0 Å². The first-order chi connectivity index (χ1) is 9.40. The summed E-state index contributed by atoms with van der Waals surface area (Å²) in [6.45, 7) is 0. The average molecular weight is 267 g/mol. The molecule has 2 atom stereocenters. The van der Waals surface area contributed by atoms with Crippen LogP contribution in [-0.2, 0) is 4.74 Å². The summed E-state index contributed by atoms with van der Waals surface area (Å²) in [5.41, 5.74) is 0. The van der Waals surface area contributed by atoms with Crippen LogP contribution < -0.4 is 5.32 Å². The van der Waals surface area contributed by atoms with Gasteiger partial charge in [0, 0.05) is 6.04 Å². The highest BCUT2D eigenvalue weighted by Gasteiger charge is 2.27. The van der Waals surface area contributed by atoms with Crippen molar-refractivity contribution >= 4 is 0 Å². The van der Waals surface area contributed by atoms with Gasteiger partial charge in [-0.2, -0.15) is 0 Å². The maximum Gasteiger partial charge on any atom is 0.0731 e. The molecule has 0 amide bonds. The molecule has 112 valence electrons. The van der Waals surface area contributed by atoms with Crippen LogP contribution in [-0.4, -0.2) is 25.3 Å². The molecule has 0 saturated heterocycles. The third kappa shape index (κ3) is 5.43. The predicted octanol–water partition coefficient (Wildman–Crippen LogP) is 4.43. The fraction of sp³-hybridized carbons (Fsp3) is 1.00. The van der Waals surface area contributed by atoms with E-state index in [4.69, 9.17) is 4.74 Å². The van der Waals surface area contributed by atoms with Crippen molar-refractivity contribution in [1.82, 2.24) is 5.32 Å².